The molecule has 112 valence electrons. The van der Waals surface area contributed by atoms with E-state index in [0.717, 1.165) is 11.3 Å². The van der Waals surface area contributed by atoms with Crippen LogP contribution in [0, 0.1) is 0 Å². The molecule has 0 aliphatic carbocycles. The monoisotopic (exact) mass is 305 g/mol. The maximum Gasteiger partial charge on any atom is 0.120 e. The van der Waals surface area contributed by atoms with Gasteiger partial charge in [0.15, 0.2) is 0 Å². The first-order valence-electron chi connectivity index (χ1n) is 6.95. The highest BCUT2D eigenvalue weighted by Gasteiger charge is 2.09. The lowest BCUT2D eigenvalue weighted by atomic mass is 10.1. The first-order chi connectivity index (χ1) is 10.0. The summed E-state index contributed by atoms with van der Waals surface area (Å²) in [6, 6.07) is 14.8. The second-order valence-electron chi connectivity index (χ2n) is 5.11. The first-order valence-corrected chi connectivity index (χ1v) is 7.33. The lowest BCUT2D eigenvalue weighted by Gasteiger charge is -2.16. The Morgan fingerprint density at radius 1 is 1.05 bits per heavy atom. The summed E-state index contributed by atoms with van der Waals surface area (Å²) in [7, 11) is 0. The molecule has 0 fully saturated rings. The van der Waals surface area contributed by atoms with Crippen molar-refractivity contribution in [2.75, 3.05) is 6.61 Å². The first kappa shape index (κ1) is 15.7. The highest BCUT2D eigenvalue weighted by molar-refractivity contribution is 6.30. The van der Waals surface area contributed by atoms with Crippen LogP contribution in [0.4, 0.5) is 0 Å². The molecule has 4 heteroatoms. The standard InChI is InChI=1S/C17H20ClNO2/c1-12(2)21-16-8-3-5-13(9-16)17(19)11-20-15-7-4-6-14(18)10-15/h3-10,12,17H,11,19H2,1-2H3. The summed E-state index contributed by atoms with van der Waals surface area (Å²) in [6.45, 7) is 4.37. The second-order valence-corrected chi connectivity index (χ2v) is 5.55. The van der Waals surface area contributed by atoms with Gasteiger partial charge in [-0.05, 0) is 49.7 Å². The second kappa shape index (κ2) is 7.34. The number of hydrogen-bond acceptors (Lipinski definition) is 3. The van der Waals surface area contributed by atoms with Crippen molar-refractivity contribution in [1.29, 1.82) is 0 Å². The fourth-order valence-corrected chi connectivity index (χ4v) is 2.11. The third-order valence-corrected chi connectivity index (χ3v) is 3.12. The molecule has 2 aromatic carbocycles. The number of halogens is 1. The third-order valence-electron chi connectivity index (χ3n) is 2.88. The molecule has 0 aromatic heterocycles. The maximum absolute atomic E-state index is 6.17. The molecule has 0 saturated carbocycles. The van der Waals surface area contributed by atoms with Gasteiger partial charge in [-0.3, -0.25) is 0 Å². The van der Waals surface area contributed by atoms with Gasteiger partial charge < -0.3 is 15.2 Å². The van der Waals surface area contributed by atoms with Gasteiger partial charge in [-0.2, -0.15) is 0 Å². The highest BCUT2D eigenvalue weighted by Crippen LogP contribution is 2.21. The van der Waals surface area contributed by atoms with E-state index in [2.05, 4.69) is 0 Å². The van der Waals surface area contributed by atoms with Crippen molar-refractivity contribution in [1.82, 2.24) is 0 Å². The molecular weight excluding hydrogens is 286 g/mol. The van der Waals surface area contributed by atoms with Crippen LogP contribution in [0.25, 0.3) is 0 Å². The Balaban J connectivity index is 1.98. The van der Waals surface area contributed by atoms with Crippen LogP contribution in [0.15, 0.2) is 48.5 Å². The Hall–Kier alpha value is -1.71. The van der Waals surface area contributed by atoms with E-state index in [1.54, 1.807) is 12.1 Å². The van der Waals surface area contributed by atoms with E-state index < -0.39 is 0 Å². The molecule has 0 bridgehead atoms. The van der Waals surface area contributed by atoms with Gasteiger partial charge in [-0.1, -0.05) is 29.8 Å². The summed E-state index contributed by atoms with van der Waals surface area (Å²) in [5, 5.41) is 0.647. The topological polar surface area (TPSA) is 44.5 Å². The zero-order valence-corrected chi connectivity index (χ0v) is 13.0. The molecule has 0 radical (unpaired) electrons. The quantitative estimate of drug-likeness (QED) is 0.869. The number of ether oxygens (including phenoxy) is 2. The van der Waals surface area contributed by atoms with Gasteiger partial charge in [0.2, 0.25) is 0 Å². The fraction of sp³-hybridized carbons (Fsp3) is 0.294. The van der Waals surface area contributed by atoms with Crippen LogP contribution in [-0.2, 0) is 0 Å². The molecular formula is C17H20ClNO2. The Bertz CT molecular complexity index is 587. The molecule has 0 saturated heterocycles. The molecule has 2 rings (SSSR count). The highest BCUT2D eigenvalue weighted by atomic mass is 35.5. The molecule has 0 spiro atoms. The van der Waals surface area contributed by atoms with Crippen molar-refractivity contribution in [3.63, 3.8) is 0 Å². The van der Waals surface area contributed by atoms with Crippen LogP contribution >= 0.6 is 11.6 Å². The predicted molar refractivity (Wildman–Crippen MR) is 86.1 cm³/mol. The smallest absolute Gasteiger partial charge is 0.120 e. The van der Waals surface area contributed by atoms with Crippen LogP contribution in [0.5, 0.6) is 11.5 Å². The Morgan fingerprint density at radius 3 is 2.48 bits per heavy atom. The predicted octanol–water partition coefficient (Wildman–Crippen LogP) is 4.21. The minimum absolute atomic E-state index is 0.138. The molecule has 0 heterocycles. The average molecular weight is 306 g/mol. The Morgan fingerprint density at radius 2 is 1.76 bits per heavy atom. The Labute approximate surface area is 130 Å². The van der Waals surface area contributed by atoms with Gasteiger partial charge in [0.05, 0.1) is 12.1 Å². The summed E-state index contributed by atoms with van der Waals surface area (Å²) in [5.41, 5.74) is 7.15. The molecule has 0 aliphatic heterocycles. The Kier molecular flexibility index (Phi) is 5.48. The number of hydrogen-bond donors (Lipinski definition) is 1. The van der Waals surface area contributed by atoms with E-state index in [9.17, 15) is 0 Å². The van der Waals surface area contributed by atoms with E-state index in [1.807, 2.05) is 50.2 Å². The van der Waals surface area contributed by atoms with E-state index in [-0.39, 0.29) is 12.1 Å². The fourth-order valence-electron chi connectivity index (χ4n) is 1.93. The lowest BCUT2D eigenvalue weighted by Crippen LogP contribution is -2.19. The molecule has 3 nitrogen and oxygen atoms in total. The van der Waals surface area contributed by atoms with Gasteiger partial charge in [-0.25, -0.2) is 0 Å². The number of nitrogens with two attached hydrogens (primary N) is 1. The van der Waals surface area contributed by atoms with Crippen molar-refractivity contribution in [2.24, 2.45) is 5.73 Å². The summed E-state index contributed by atoms with van der Waals surface area (Å²) in [6.07, 6.45) is 0.138. The zero-order chi connectivity index (χ0) is 15.2. The van der Waals surface area contributed by atoms with E-state index >= 15 is 0 Å². The molecule has 2 N–H and O–H groups in total. The maximum atomic E-state index is 6.17. The van der Waals surface area contributed by atoms with E-state index in [0.29, 0.717) is 17.4 Å². The largest absolute Gasteiger partial charge is 0.492 e. The van der Waals surface area contributed by atoms with E-state index in [1.165, 1.54) is 0 Å². The van der Waals surface area contributed by atoms with Crippen LogP contribution < -0.4 is 15.2 Å². The summed E-state index contributed by atoms with van der Waals surface area (Å²) >= 11 is 5.92. The summed E-state index contributed by atoms with van der Waals surface area (Å²) in [5.74, 6) is 1.54. The SMILES string of the molecule is CC(C)Oc1cccc(C(N)COc2cccc(Cl)c2)c1. The van der Waals surface area contributed by atoms with E-state index in [4.69, 9.17) is 26.8 Å². The van der Waals surface area contributed by atoms with Crippen LogP contribution in [0.3, 0.4) is 0 Å². The normalized spacial score (nSPS) is 12.2. The average Bonchev–Trinajstić information content (AvgIpc) is 2.44. The molecule has 0 amide bonds. The van der Waals surface area contributed by atoms with Crippen molar-refractivity contribution < 1.29 is 9.47 Å². The minimum atomic E-state index is -0.223. The summed E-state index contributed by atoms with van der Waals surface area (Å²) in [4.78, 5) is 0. The van der Waals surface area contributed by atoms with Gasteiger partial charge in [0, 0.05) is 5.02 Å². The summed E-state index contributed by atoms with van der Waals surface area (Å²) < 4.78 is 11.3. The van der Waals surface area contributed by atoms with Gasteiger partial charge in [-0.15, -0.1) is 0 Å². The van der Waals surface area contributed by atoms with Crippen LogP contribution in [0.1, 0.15) is 25.5 Å². The molecule has 0 aliphatic rings. The van der Waals surface area contributed by atoms with Gasteiger partial charge >= 0.3 is 0 Å². The molecule has 1 atom stereocenters. The zero-order valence-electron chi connectivity index (χ0n) is 12.3. The van der Waals surface area contributed by atoms with Crippen molar-refractivity contribution in [2.45, 2.75) is 26.0 Å². The molecule has 2 aromatic rings. The van der Waals surface area contributed by atoms with Crippen molar-refractivity contribution in [3.05, 3.63) is 59.1 Å². The minimum Gasteiger partial charge on any atom is -0.492 e. The van der Waals surface area contributed by atoms with Gasteiger partial charge in [0.1, 0.15) is 18.1 Å². The van der Waals surface area contributed by atoms with Crippen LogP contribution in [-0.4, -0.2) is 12.7 Å². The van der Waals surface area contributed by atoms with Gasteiger partial charge in [0.25, 0.3) is 0 Å². The molecule has 1 unspecified atom stereocenters. The number of rotatable bonds is 6. The lowest BCUT2D eigenvalue weighted by molar-refractivity contribution is 0.241. The number of benzene rings is 2. The van der Waals surface area contributed by atoms with Crippen molar-refractivity contribution in [3.8, 4) is 11.5 Å². The van der Waals surface area contributed by atoms with Crippen LogP contribution in [0.2, 0.25) is 5.02 Å². The third kappa shape index (κ3) is 4.96. The van der Waals surface area contributed by atoms with Crippen molar-refractivity contribution >= 4 is 11.6 Å². The molecule has 21 heavy (non-hydrogen) atoms.